The number of hydrogen-bond acceptors (Lipinski definition) is 8. The lowest BCUT2D eigenvalue weighted by Crippen LogP contribution is -2.50. The average molecular weight is 542 g/mol. The van der Waals surface area contributed by atoms with Crippen molar-refractivity contribution < 1.29 is 41.4 Å². The zero-order valence-corrected chi connectivity index (χ0v) is 24.1. The summed E-state index contributed by atoms with van der Waals surface area (Å²) in [5.74, 6) is -0.903. The second-order valence-corrected chi connectivity index (χ2v) is 11.1. The van der Waals surface area contributed by atoms with Gasteiger partial charge < -0.3 is 24.6 Å². The summed E-state index contributed by atoms with van der Waals surface area (Å²) in [7, 11) is -1.09. The molecule has 0 saturated carbocycles. The van der Waals surface area contributed by atoms with Crippen LogP contribution >= 0.6 is 0 Å². The van der Waals surface area contributed by atoms with E-state index in [4.69, 9.17) is 10.2 Å². The van der Waals surface area contributed by atoms with Crippen molar-refractivity contribution in [2.45, 2.75) is 110 Å². The van der Waals surface area contributed by atoms with E-state index in [1.54, 1.807) is 7.05 Å². The van der Waals surface area contributed by atoms with Gasteiger partial charge in [0, 0.05) is 5.97 Å². The molecule has 2 N–H and O–H groups in total. The predicted molar refractivity (Wildman–Crippen MR) is 141 cm³/mol. The molecule has 0 aromatic carbocycles. The maximum Gasteiger partial charge on any atom is 0.399 e. The number of carboxylic acid groups (broad SMARTS) is 1. The van der Waals surface area contributed by atoms with Crippen LogP contribution in [-0.2, 0) is 23.6 Å². The van der Waals surface area contributed by atoms with Crippen molar-refractivity contribution in [3.05, 3.63) is 0 Å². The molecule has 0 aliphatic carbocycles. The first-order valence-corrected chi connectivity index (χ1v) is 15.2. The molecule has 0 rings (SSSR count). The molecule has 0 bridgehead atoms. The molecule has 0 spiro atoms. The predicted octanol–water partition coefficient (Wildman–Crippen LogP) is 3.32. The molecule has 0 aliphatic rings. The first-order valence-electron chi connectivity index (χ1n) is 13.9. The standard InChI is InChI=1S/C18H36O2.C8H20NO6S/c1-2-3-4-5-6-7-8-9-10-11-12-13-14-15-16-17-18(19)20;1-9(3-6-10,4-7-11)5-8-15-16(12,13)14-2/h2-17H2,1H3,(H,19,20);10-11H,3-8H2,1-2H3/q;+1/p-1. The second-order valence-electron chi connectivity index (χ2n) is 9.71. The molecule has 0 aromatic heterocycles. The lowest BCUT2D eigenvalue weighted by molar-refractivity contribution is -0.910. The van der Waals surface area contributed by atoms with Crippen LogP contribution in [0.25, 0.3) is 0 Å². The van der Waals surface area contributed by atoms with Gasteiger partial charge in [0.25, 0.3) is 0 Å². The number of aliphatic hydroxyl groups is 2. The van der Waals surface area contributed by atoms with Crippen molar-refractivity contribution in [2.24, 2.45) is 0 Å². The third kappa shape index (κ3) is 27.8. The van der Waals surface area contributed by atoms with Crippen LogP contribution in [-0.4, -0.2) is 82.7 Å². The van der Waals surface area contributed by atoms with Gasteiger partial charge in [0.05, 0.1) is 27.4 Å². The fourth-order valence-corrected chi connectivity index (χ4v) is 4.24. The number of aliphatic carboxylic acids is 1. The normalized spacial score (nSPS) is 11.8. The summed E-state index contributed by atoms with van der Waals surface area (Å²) in [6.45, 7) is 3.37. The van der Waals surface area contributed by atoms with Crippen LogP contribution < -0.4 is 5.11 Å². The number of aliphatic hydroxyl groups excluding tert-OH is 2. The third-order valence-corrected chi connectivity index (χ3v) is 7.19. The fraction of sp³-hybridized carbons (Fsp3) is 0.962. The van der Waals surface area contributed by atoms with E-state index in [1.807, 2.05) is 0 Å². The van der Waals surface area contributed by atoms with Gasteiger partial charge in [-0.25, -0.2) is 4.18 Å². The Morgan fingerprint density at radius 1 is 0.750 bits per heavy atom. The number of quaternary nitrogens is 1. The van der Waals surface area contributed by atoms with E-state index in [0.29, 0.717) is 24.1 Å². The zero-order valence-electron chi connectivity index (χ0n) is 23.3. The molecule has 218 valence electrons. The van der Waals surface area contributed by atoms with Gasteiger partial charge in [-0.3, -0.25) is 4.18 Å². The van der Waals surface area contributed by atoms with Gasteiger partial charge in [0.2, 0.25) is 0 Å². The molecule has 0 atom stereocenters. The minimum absolute atomic E-state index is 0.0342. The van der Waals surface area contributed by atoms with Gasteiger partial charge in [-0.2, -0.15) is 8.42 Å². The van der Waals surface area contributed by atoms with Gasteiger partial charge in [0.15, 0.2) is 0 Å². The van der Waals surface area contributed by atoms with Gasteiger partial charge >= 0.3 is 10.4 Å². The molecular weight excluding hydrogens is 486 g/mol. The van der Waals surface area contributed by atoms with Crippen molar-refractivity contribution in [1.82, 2.24) is 0 Å². The number of carboxylic acids is 1. The highest BCUT2D eigenvalue weighted by molar-refractivity contribution is 7.81. The Kier molecular flexibility index (Phi) is 26.8. The van der Waals surface area contributed by atoms with Crippen molar-refractivity contribution in [1.29, 1.82) is 0 Å². The molecule has 0 aliphatic heterocycles. The highest BCUT2D eigenvalue weighted by Crippen LogP contribution is 2.13. The Balaban J connectivity index is 0. The highest BCUT2D eigenvalue weighted by Gasteiger charge is 2.21. The van der Waals surface area contributed by atoms with Crippen molar-refractivity contribution in [3.8, 4) is 0 Å². The van der Waals surface area contributed by atoms with E-state index >= 15 is 0 Å². The Morgan fingerprint density at radius 2 is 1.14 bits per heavy atom. The third-order valence-electron chi connectivity index (χ3n) is 6.33. The molecule has 0 fully saturated rings. The second kappa shape index (κ2) is 25.9. The molecule has 0 radical (unpaired) electrons. The van der Waals surface area contributed by atoms with Gasteiger partial charge in [-0.15, -0.1) is 0 Å². The van der Waals surface area contributed by atoms with E-state index in [-0.39, 0.29) is 26.2 Å². The van der Waals surface area contributed by atoms with E-state index in [2.05, 4.69) is 15.3 Å². The zero-order chi connectivity index (χ0) is 27.5. The Bertz CT molecular complexity index is 580. The highest BCUT2D eigenvalue weighted by atomic mass is 32.3. The quantitative estimate of drug-likeness (QED) is 0.133. The monoisotopic (exact) mass is 541 g/mol. The molecule has 0 aromatic rings. The lowest BCUT2D eigenvalue weighted by Gasteiger charge is -2.32. The fourth-order valence-electron chi connectivity index (χ4n) is 3.87. The average Bonchev–Trinajstić information content (AvgIpc) is 2.82. The van der Waals surface area contributed by atoms with Crippen LogP contribution in [0.4, 0.5) is 0 Å². The molecule has 10 heteroatoms. The van der Waals surface area contributed by atoms with Crippen LogP contribution in [0.2, 0.25) is 0 Å². The summed E-state index contributed by atoms with van der Waals surface area (Å²) < 4.78 is 30.7. The topological polar surface area (TPSA) is 133 Å². The summed E-state index contributed by atoms with van der Waals surface area (Å²) in [4.78, 5) is 10.2. The van der Waals surface area contributed by atoms with Crippen LogP contribution in [0.3, 0.4) is 0 Å². The SMILES string of the molecule is CCCCCCCCCCCCCCCCCC(=O)[O-].COS(=O)(=O)OCC[N+](C)(CCO)CCO. The number of nitrogens with zero attached hydrogens (tertiary/aromatic N) is 1. The number of rotatable bonds is 25. The van der Waals surface area contributed by atoms with E-state index < -0.39 is 16.4 Å². The number of carbonyl (C=O) groups excluding carboxylic acids is 1. The van der Waals surface area contributed by atoms with Crippen LogP contribution in [0.1, 0.15) is 110 Å². The molecule has 9 nitrogen and oxygen atoms in total. The summed E-state index contributed by atoms with van der Waals surface area (Å²) in [6, 6.07) is 0. The van der Waals surface area contributed by atoms with Crippen molar-refractivity contribution in [3.63, 3.8) is 0 Å². The minimum Gasteiger partial charge on any atom is -0.550 e. The van der Waals surface area contributed by atoms with Gasteiger partial charge in [0.1, 0.15) is 26.2 Å². The summed E-state index contributed by atoms with van der Waals surface area (Å²) in [5.41, 5.74) is 0. The largest absolute Gasteiger partial charge is 0.550 e. The first-order chi connectivity index (χ1) is 17.2. The molecule has 0 unspecified atom stereocenters. The van der Waals surface area contributed by atoms with Crippen LogP contribution in [0.5, 0.6) is 0 Å². The Labute approximate surface area is 221 Å². The van der Waals surface area contributed by atoms with E-state index in [1.165, 1.54) is 83.5 Å². The molecule has 0 heterocycles. The maximum absolute atomic E-state index is 10.9. The maximum atomic E-state index is 10.9. The molecular formula is C26H55NO8S. The van der Waals surface area contributed by atoms with Crippen LogP contribution in [0.15, 0.2) is 0 Å². The molecule has 0 amide bonds. The Hall–Kier alpha value is -0.780. The summed E-state index contributed by atoms with van der Waals surface area (Å²) in [5, 5.41) is 27.9. The first kappa shape index (κ1) is 37.4. The Morgan fingerprint density at radius 3 is 1.47 bits per heavy atom. The smallest absolute Gasteiger partial charge is 0.399 e. The van der Waals surface area contributed by atoms with Gasteiger partial charge in [-0.05, 0) is 12.8 Å². The summed E-state index contributed by atoms with van der Waals surface area (Å²) >= 11 is 0. The lowest BCUT2D eigenvalue weighted by atomic mass is 10.0. The van der Waals surface area contributed by atoms with E-state index in [9.17, 15) is 18.3 Å². The summed E-state index contributed by atoms with van der Waals surface area (Å²) in [6.07, 6.45) is 19.9. The molecule has 0 saturated heterocycles. The van der Waals surface area contributed by atoms with E-state index in [0.717, 1.165) is 20.0 Å². The number of hydrogen-bond donors (Lipinski definition) is 2. The minimum atomic E-state index is -3.91. The number of likely N-dealkylation sites (N-methyl/N-ethyl adjacent to an activating group) is 1. The molecule has 36 heavy (non-hydrogen) atoms. The van der Waals surface area contributed by atoms with Crippen molar-refractivity contribution in [2.75, 3.05) is 53.6 Å². The van der Waals surface area contributed by atoms with Gasteiger partial charge in [-0.1, -0.05) is 96.8 Å². The van der Waals surface area contributed by atoms with Crippen LogP contribution in [0, 0.1) is 0 Å². The van der Waals surface area contributed by atoms with Crippen molar-refractivity contribution >= 4 is 16.4 Å². The number of carbonyl (C=O) groups is 1. The number of unbranched alkanes of at least 4 members (excludes halogenated alkanes) is 14.